The van der Waals surface area contributed by atoms with Crippen molar-refractivity contribution in [1.29, 1.82) is 0 Å². The van der Waals surface area contributed by atoms with Crippen molar-refractivity contribution < 1.29 is 9.47 Å². The summed E-state index contributed by atoms with van der Waals surface area (Å²) < 4.78 is 13.3. The van der Waals surface area contributed by atoms with Gasteiger partial charge in [0.25, 0.3) is 6.01 Å². The molecule has 0 aliphatic rings. The van der Waals surface area contributed by atoms with Gasteiger partial charge in [0.1, 0.15) is 5.75 Å². The first kappa shape index (κ1) is 18.1. The number of methoxy groups -OCH3 is 1. The Balaban J connectivity index is 2.20. The first-order valence-corrected chi connectivity index (χ1v) is 8.52. The Labute approximate surface area is 145 Å². The standard InChI is InChI=1S/C20H28N2O2/c1-6-7-8-9-12-24-20-21-14-18(22(20)4)17-13-16(15(2)3)10-11-19(17)23-5/h6,10-11,13-15H,1,7-9,12H2,2-5H3. The molecule has 1 heterocycles. The summed E-state index contributed by atoms with van der Waals surface area (Å²) in [5.74, 6) is 1.31. The number of rotatable bonds is 9. The molecular weight excluding hydrogens is 300 g/mol. The Morgan fingerprint density at radius 2 is 2.08 bits per heavy atom. The second-order valence-corrected chi connectivity index (χ2v) is 6.23. The fraction of sp³-hybridized carbons (Fsp3) is 0.450. The molecule has 0 N–H and O–H groups in total. The second kappa shape index (κ2) is 8.57. The predicted octanol–water partition coefficient (Wildman–Crippen LogP) is 4.95. The summed E-state index contributed by atoms with van der Waals surface area (Å²) in [6.07, 6.45) is 6.90. The normalized spacial score (nSPS) is 10.9. The second-order valence-electron chi connectivity index (χ2n) is 6.23. The molecule has 4 heteroatoms. The number of hydrogen-bond acceptors (Lipinski definition) is 3. The SMILES string of the molecule is C=CCCCCOc1ncc(-c2cc(C(C)C)ccc2OC)n1C. The maximum atomic E-state index is 5.81. The average Bonchev–Trinajstić information content (AvgIpc) is 2.94. The largest absolute Gasteiger partial charge is 0.496 e. The third-order valence-corrected chi connectivity index (χ3v) is 4.15. The Morgan fingerprint density at radius 3 is 2.75 bits per heavy atom. The lowest BCUT2D eigenvalue weighted by Crippen LogP contribution is -2.04. The lowest BCUT2D eigenvalue weighted by Gasteiger charge is -2.13. The Bertz CT molecular complexity index is 674. The highest BCUT2D eigenvalue weighted by molar-refractivity contribution is 5.69. The minimum Gasteiger partial charge on any atom is -0.496 e. The van der Waals surface area contributed by atoms with E-state index < -0.39 is 0 Å². The number of unbranched alkanes of at least 4 members (excludes halogenated alkanes) is 2. The maximum absolute atomic E-state index is 5.81. The van der Waals surface area contributed by atoms with Crippen LogP contribution < -0.4 is 9.47 Å². The van der Waals surface area contributed by atoms with Crippen molar-refractivity contribution in [2.45, 2.75) is 39.0 Å². The van der Waals surface area contributed by atoms with E-state index in [-0.39, 0.29) is 0 Å². The number of imidazole rings is 1. The molecule has 0 radical (unpaired) electrons. The van der Waals surface area contributed by atoms with E-state index in [1.807, 2.05) is 30.0 Å². The van der Waals surface area contributed by atoms with Gasteiger partial charge in [-0.05, 0) is 42.9 Å². The first-order chi connectivity index (χ1) is 11.6. The van der Waals surface area contributed by atoms with Crippen molar-refractivity contribution >= 4 is 0 Å². The van der Waals surface area contributed by atoms with E-state index in [4.69, 9.17) is 9.47 Å². The molecule has 0 saturated carbocycles. The summed E-state index contributed by atoms with van der Waals surface area (Å²) in [4.78, 5) is 4.42. The van der Waals surface area contributed by atoms with Crippen LogP contribution in [0.25, 0.3) is 11.3 Å². The molecule has 0 aliphatic carbocycles. The van der Waals surface area contributed by atoms with Crippen LogP contribution in [0.2, 0.25) is 0 Å². The summed E-state index contributed by atoms with van der Waals surface area (Å²) in [5.41, 5.74) is 3.31. The fourth-order valence-electron chi connectivity index (χ4n) is 2.62. The molecule has 2 aromatic rings. The minimum atomic E-state index is 0.462. The number of allylic oxidation sites excluding steroid dienone is 1. The lowest BCUT2D eigenvalue weighted by molar-refractivity contribution is 0.275. The molecule has 0 fully saturated rings. The van der Waals surface area contributed by atoms with Gasteiger partial charge >= 0.3 is 0 Å². The monoisotopic (exact) mass is 328 g/mol. The first-order valence-electron chi connectivity index (χ1n) is 8.52. The van der Waals surface area contributed by atoms with Crippen LogP contribution in [0.1, 0.15) is 44.6 Å². The zero-order chi connectivity index (χ0) is 17.5. The molecule has 0 unspecified atom stereocenters. The molecule has 1 aromatic heterocycles. The van der Waals surface area contributed by atoms with Crippen LogP contribution in [0.15, 0.2) is 37.1 Å². The van der Waals surface area contributed by atoms with E-state index in [0.717, 1.165) is 36.3 Å². The van der Waals surface area contributed by atoms with Crippen LogP contribution in [0.3, 0.4) is 0 Å². The molecule has 1 aromatic carbocycles. The van der Waals surface area contributed by atoms with E-state index >= 15 is 0 Å². The molecule has 0 saturated heterocycles. The van der Waals surface area contributed by atoms with Crippen molar-refractivity contribution in [2.24, 2.45) is 7.05 Å². The average molecular weight is 328 g/mol. The minimum absolute atomic E-state index is 0.462. The van der Waals surface area contributed by atoms with Crippen molar-refractivity contribution in [2.75, 3.05) is 13.7 Å². The molecular formula is C20H28N2O2. The zero-order valence-corrected chi connectivity index (χ0v) is 15.2. The van der Waals surface area contributed by atoms with Crippen LogP contribution in [0, 0.1) is 0 Å². The van der Waals surface area contributed by atoms with Gasteiger partial charge in [-0.1, -0.05) is 26.0 Å². The van der Waals surface area contributed by atoms with Crippen LogP contribution >= 0.6 is 0 Å². The van der Waals surface area contributed by atoms with Crippen molar-refractivity contribution in [1.82, 2.24) is 9.55 Å². The van der Waals surface area contributed by atoms with Crippen LogP contribution in [-0.2, 0) is 7.05 Å². The zero-order valence-electron chi connectivity index (χ0n) is 15.2. The lowest BCUT2D eigenvalue weighted by atomic mass is 9.99. The van der Waals surface area contributed by atoms with Gasteiger partial charge in [0.05, 0.1) is 25.6 Å². The molecule has 0 atom stereocenters. The van der Waals surface area contributed by atoms with Gasteiger partial charge in [0, 0.05) is 12.6 Å². The highest BCUT2D eigenvalue weighted by Gasteiger charge is 2.15. The molecule has 4 nitrogen and oxygen atoms in total. The van der Waals surface area contributed by atoms with E-state index in [2.05, 4.69) is 37.5 Å². The van der Waals surface area contributed by atoms with E-state index in [1.165, 1.54) is 5.56 Å². The Hall–Kier alpha value is -2.23. The van der Waals surface area contributed by atoms with E-state index in [1.54, 1.807) is 7.11 Å². The molecule has 0 aliphatic heterocycles. The van der Waals surface area contributed by atoms with Gasteiger partial charge in [0.15, 0.2) is 0 Å². The van der Waals surface area contributed by atoms with Crippen molar-refractivity contribution in [3.05, 3.63) is 42.6 Å². The van der Waals surface area contributed by atoms with E-state index in [9.17, 15) is 0 Å². The quantitative estimate of drug-likeness (QED) is 0.482. The van der Waals surface area contributed by atoms with Gasteiger partial charge in [-0.25, -0.2) is 4.98 Å². The summed E-state index contributed by atoms with van der Waals surface area (Å²) in [6, 6.07) is 6.95. The summed E-state index contributed by atoms with van der Waals surface area (Å²) in [6.45, 7) is 8.78. The topological polar surface area (TPSA) is 36.3 Å². The number of benzene rings is 1. The van der Waals surface area contributed by atoms with Gasteiger partial charge in [0.2, 0.25) is 0 Å². The molecule has 2 rings (SSSR count). The van der Waals surface area contributed by atoms with Crippen molar-refractivity contribution in [3.8, 4) is 23.0 Å². The van der Waals surface area contributed by atoms with Gasteiger partial charge in [-0.2, -0.15) is 0 Å². The van der Waals surface area contributed by atoms with E-state index in [0.29, 0.717) is 18.5 Å². The fourth-order valence-corrected chi connectivity index (χ4v) is 2.62. The molecule has 130 valence electrons. The predicted molar refractivity (Wildman–Crippen MR) is 98.8 cm³/mol. The number of hydrogen-bond donors (Lipinski definition) is 0. The molecule has 0 bridgehead atoms. The van der Waals surface area contributed by atoms with Crippen molar-refractivity contribution in [3.63, 3.8) is 0 Å². The van der Waals surface area contributed by atoms with Crippen LogP contribution in [0.5, 0.6) is 11.8 Å². The van der Waals surface area contributed by atoms with Crippen LogP contribution in [-0.4, -0.2) is 23.3 Å². The summed E-state index contributed by atoms with van der Waals surface area (Å²) >= 11 is 0. The molecule has 0 spiro atoms. The number of aromatic nitrogens is 2. The number of nitrogens with zero attached hydrogens (tertiary/aromatic N) is 2. The molecule has 24 heavy (non-hydrogen) atoms. The maximum Gasteiger partial charge on any atom is 0.296 e. The third kappa shape index (κ3) is 4.19. The smallest absolute Gasteiger partial charge is 0.296 e. The summed E-state index contributed by atoms with van der Waals surface area (Å²) in [5, 5.41) is 0. The van der Waals surface area contributed by atoms with Crippen LogP contribution in [0.4, 0.5) is 0 Å². The third-order valence-electron chi connectivity index (χ3n) is 4.15. The Morgan fingerprint density at radius 1 is 1.29 bits per heavy atom. The molecule has 0 amide bonds. The highest BCUT2D eigenvalue weighted by atomic mass is 16.5. The van der Waals surface area contributed by atoms with Gasteiger partial charge in [-0.3, -0.25) is 4.57 Å². The Kier molecular flexibility index (Phi) is 6.47. The van der Waals surface area contributed by atoms with Gasteiger partial charge < -0.3 is 9.47 Å². The highest BCUT2D eigenvalue weighted by Crippen LogP contribution is 2.34. The van der Waals surface area contributed by atoms with Gasteiger partial charge in [-0.15, -0.1) is 6.58 Å². The number of ether oxygens (including phenoxy) is 2. The summed E-state index contributed by atoms with van der Waals surface area (Å²) in [7, 11) is 3.67.